The van der Waals surface area contributed by atoms with Gasteiger partial charge in [-0.25, -0.2) is 8.78 Å². The van der Waals surface area contributed by atoms with Gasteiger partial charge in [0.05, 0.1) is 6.61 Å². The van der Waals surface area contributed by atoms with E-state index in [9.17, 15) is 8.78 Å². The molecule has 1 aromatic carbocycles. The molecule has 0 saturated heterocycles. The summed E-state index contributed by atoms with van der Waals surface area (Å²) in [6.07, 6.45) is 3.07. The summed E-state index contributed by atoms with van der Waals surface area (Å²) in [5, 5.41) is 3.34. The fourth-order valence-corrected chi connectivity index (χ4v) is 1.55. The molecule has 18 heavy (non-hydrogen) atoms. The number of nitrogens with one attached hydrogen (secondary N) is 1. The van der Waals surface area contributed by atoms with Crippen molar-refractivity contribution < 1.29 is 13.5 Å². The molecule has 0 aromatic heterocycles. The van der Waals surface area contributed by atoms with E-state index < -0.39 is 11.6 Å². The lowest BCUT2D eigenvalue weighted by molar-refractivity contribution is 0.302. The molecule has 0 aliphatic heterocycles. The van der Waals surface area contributed by atoms with Crippen molar-refractivity contribution in [2.45, 2.75) is 39.2 Å². The van der Waals surface area contributed by atoms with Crippen LogP contribution < -0.4 is 10.1 Å². The number of benzene rings is 1. The van der Waals surface area contributed by atoms with Crippen molar-refractivity contribution in [1.29, 1.82) is 0 Å². The van der Waals surface area contributed by atoms with Gasteiger partial charge in [-0.1, -0.05) is 13.8 Å². The summed E-state index contributed by atoms with van der Waals surface area (Å²) in [6, 6.07) is 4.12. The topological polar surface area (TPSA) is 21.3 Å². The molecule has 0 radical (unpaired) electrons. The van der Waals surface area contributed by atoms with Gasteiger partial charge in [-0.2, -0.15) is 0 Å². The highest BCUT2D eigenvalue weighted by Crippen LogP contribution is 2.15. The van der Waals surface area contributed by atoms with E-state index in [2.05, 4.69) is 19.2 Å². The summed E-state index contributed by atoms with van der Waals surface area (Å²) >= 11 is 0. The van der Waals surface area contributed by atoms with Crippen molar-refractivity contribution in [3.8, 4) is 5.75 Å². The van der Waals surface area contributed by atoms with Gasteiger partial charge in [-0.05, 0) is 37.9 Å². The monoisotopic (exact) mass is 257 g/mol. The first-order valence-electron chi connectivity index (χ1n) is 6.41. The Morgan fingerprint density at radius 1 is 1.11 bits per heavy atom. The van der Waals surface area contributed by atoms with Gasteiger partial charge in [0.15, 0.2) is 11.6 Å². The maximum Gasteiger partial charge on any atom is 0.162 e. The molecule has 0 bridgehead atoms. The molecule has 1 rings (SSSR count). The second kappa shape index (κ2) is 8.03. The minimum Gasteiger partial charge on any atom is -0.493 e. The number of halogens is 2. The molecular formula is C14H21F2NO. The van der Waals surface area contributed by atoms with Crippen LogP contribution in [0, 0.1) is 11.6 Å². The lowest BCUT2D eigenvalue weighted by Gasteiger charge is -2.08. The van der Waals surface area contributed by atoms with E-state index in [0.717, 1.165) is 37.9 Å². The van der Waals surface area contributed by atoms with E-state index in [4.69, 9.17) is 4.74 Å². The first kappa shape index (κ1) is 14.9. The van der Waals surface area contributed by atoms with Crippen molar-refractivity contribution in [3.05, 3.63) is 29.8 Å². The molecule has 0 unspecified atom stereocenters. The zero-order valence-electron chi connectivity index (χ0n) is 11.0. The van der Waals surface area contributed by atoms with Gasteiger partial charge < -0.3 is 10.1 Å². The van der Waals surface area contributed by atoms with Crippen LogP contribution in [0.25, 0.3) is 0 Å². The molecule has 0 saturated carbocycles. The molecule has 0 aliphatic carbocycles. The SMILES string of the molecule is CC(C)NCCCCCOc1ccc(F)c(F)c1. The fraction of sp³-hybridized carbons (Fsp3) is 0.571. The number of ether oxygens (including phenoxy) is 1. The van der Waals surface area contributed by atoms with Crippen LogP contribution in [-0.4, -0.2) is 19.2 Å². The number of unbranched alkanes of at least 4 members (excludes halogenated alkanes) is 2. The average molecular weight is 257 g/mol. The van der Waals surface area contributed by atoms with Gasteiger partial charge in [0.1, 0.15) is 5.75 Å². The highest BCUT2D eigenvalue weighted by Gasteiger charge is 2.02. The third-order valence-electron chi connectivity index (χ3n) is 2.53. The van der Waals surface area contributed by atoms with Gasteiger partial charge in [0.2, 0.25) is 0 Å². The van der Waals surface area contributed by atoms with Crippen LogP contribution in [0.3, 0.4) is 0 Å². The first-order chi connectivity index (χ1) is 8.59. The number of rotatable bonds is 8. The zero-order valence-corrected chi connectivity index (χ0v) is 11.0. The maximum atomic E-state index is 12.9. The fourth-order valence-electron chi connectivity index (χ4n) is 1.55. The smallest absolute Gasteiger partial charge is 0.162 e. The van der Waals surface area contributed by atoms with Crippen LogP contribution in [0.2, 0.25) is 0 Å². The Labute approximate surface area is 107 Å². The largest absolute Gasteiger partial charge is 0.493 e. The third kappa shape index (κ3) is 5.96. The standard InChI is InChI=1S/C14H21F2NO/c1-11(2)17-8-4-3-5-9-18-12-6-7-13(15)14(16)10-12/h6-7,10-11,17H,3-5,8-9H2,1-2H3. The summed E-state index contributed by atoms with van der Waals surface area (Å²) in [4.78, 5) is 0. The second-order valence-electron chi connectivity index (χ2n) is 4.59. The summed E-state index contributed by atoms with van der Waals surface area (Å²) in [6.45, 7) is 5.77. The van der Waals surface area contributed by atoms with Crippen molar-refractivity contribution >= 4 is 0 Å². The Hall–Kier alpha value is -1.16. The van der Waals surface area contributed by atoms with Crippen molar-refractivity contribution in [1.82, 2.24) is 5.32 Å². The summed E-state index contributed by atoms with van der Waals surface area (Å²) in [5.74, 6) is -1.33. The predicted molar refractivity (Wildman–Crippen MR) is 68.8 cm³/mol. The van der Waals surface area contributed by atoms with E-state index in [0.29, 0.717) is 18.4 Å². The molecule has 0 atom stereocenters. The number of hydrogen-bond acceptors (Lipinski definition) is 2. The van der Waals surface area contributed by atoms with E-state index >= 15 is 0 Å². The van der Waals surface area contributed by atoms with Crippen LogP contribution in [0.4, 0.5) is 8.78 Å². The Morgan fingerprint density at radius 3 is 2.56 bits per heavy atom. The molecule has 0 spiro atoms. The van der Waals surface area contributed by atoms with Crippen LogP contribution >= 0.6 is 0 Å². The third-order valence-corrected chi connectivity index (χ3v) is 2.53. The highest BCUT2D eigenvalue weighted by molar-refractivity contribution is 5.23. The Kier molecular flexibility index (Phi) is 6.65. The lowest BCUT2D eigenvalue weighted by atomic mass is 10.2. The zero-order chi connectivity index (χ0) is 13.4. The summed E-state index contributed by atoms with van der Waals surface area (Å²) in [7, 11) is 0. The summed E-state index contributed by atoms with van der Waals surface area (Å²) in [5.41, 5.74) is 0. The van der Waals surface area contributed by atoms with Crippen molar-refractivity contribution in [2.24, 2.45) is 0 Å². The van der Waals surface area contributed by atoms with Crippen LogP contribution in [0.5, 0.6) is 5.75 Å². The van der Waals surface area contributed by atoms with Gasteiger partial charge >= 0.3 is 0 Å². The van der Waals surface area contributed by atoms with E-state index in [1.165, 1.54) is 6.07 Å². The molecular weight excluding hydrogens is 236 g/mol. The molecule has 0 fully saturated rings. The molecule has 0 heterocycles. The molecule has 4 heteroatoms. The Bertz CT molecular complexity index is 356. The first-order valence-corrected chi connectivity index (χ1v) is 6.41. The van der Waals surface area contributed by atoms with Gasteiger partial charge in [0, 0.05) is 12.1 Å². The van der Waals surface area contributed by atoms with Crippen LogP contribution in [-0.2, 0) is 0 Å². The number of hydrogen-bond donors (Lipinski definition) is 1. The van der Waals surface area contributed by atoms with E-state index in [-0.39, 0.29) is 0 Å². The lowest BCUT2D eigenvalue weighted by Crippen LogP contribution is -2.23. The highest BCUT2D eigenvalue weighted by atomic mass is 19.2. The second-order valence-corrected chi connectivity index (χ2v) is 4.59. The summed E-state index contributed by atoms with van der Waals surface area (Å²) < 4.78 is 30.9. The average Bonchev–Trinajstić information content (AvgIpc) is 2.32. The van der Waals surface area contributed by atoms with Gasteiger partial charge in [-0.15, -0.1) is 0 Å². The van der Waals surface area contributed by atoms with E-state index in [1.54, 1.807) is 0 Å². The van der Waals surface area contributed by atoms with Crippen molar-refractivity contribution in [3.63, 3.8) is 0 Å². The van der Waals surface area contributed by atoms with Crippen LogP contribution in [0.15, 0.2) is 18.2 Å². The molecule has 0 amide bonds. The minimum absolute atomic E-state index is 0.384. The molecule has 1 N–H and O–H groups in total. The van der Waals surface area contributed by atoms with Gasteiger partial charge in [0.25, 0.3) is 0 Å². The van der Waals surface area contributed by atoms with Gasteiger partial charge in [-0.3, -0.25) is 0 Å². The van der Waals surface area contributed by atoms with Crippen LogP contribution in [0.1, 0.15) is 33.1 Å². The molecule has 0 aliphatic rings. The maximum absolute atomic E-state index is 12.9. The predicted octanol–water partition coefficient (Wildman–Crippen LogP) is 3.51. The molecule has 1 aromatic rings. The Morgan fingerprint density at radius 2 is 1.89 bits per heavy atom. The minimum atomic E-state index is -0.867. The normalized spacial score (nSPS) is 10.9. The quantitative estimate of drug-likeness (QED) is 0.719. The Balaban J connectivity index is 2.09. The molecule has 2 nitrogen and oxygen atoms in total. The molecule has 102 valence electrons. The van der Waals surface area contributed by atoms with Crippen molar-refractivity contribution in [2.75, 3.05) is 13.2 Å². The van der Waals surface area contributed by atoms with E-state index in [1.807, 2.05) is 0 Å².